The average molecular weight is 332 g/mol. The molecule has 3 nitrogen and oxygen atoms in total. The number of carbonyl (C=O) groups is 1. The molecular weight excluding hydrogens is 303 g/mol. The Morgan fingerprint density at radius 1 is 1.21 bits per heavy atom. The van der Waals surface area contributed by atoms with Crippen molar-refractivity contribution in [3.8, 4) is 0 Å². The molecule has 1 atom stereocenters. The fourth-order valence-corrected chi connectivity index (χ4v) is 4.25. The highest BCUT2D eigenvalue weighted by atomic mass is 19.1. The van der Waals surface area contributed by atoms with Gasteiger partial charge in [0.15, 0.2) is 0 Å². The second-order valence-electron chi connectivity index (χ2n) is 7.52. The van der Waals surface area contributed by atoms with Gasteiger partial charge in [0.05, 0.1) is 0 Å². The number of benzene rings is 1. The molecule has 0 bridgehead atoms. The summed E-state index contributed by atoms with van der Waals surface area (Å²) in [4.78, 5) is 12.3. The average Bonchev–Trinajstić information content (AvgIpc) is 3.13. The topological polar surface area (TPSA) is 41.1 Å². The van der Waals surface area contributed by atoms with Crippen LogP contribution in [0.2, 0.25) is 0 Å². The van der Waals surface area contributed by atoms with Crippen molar-refractivity contribution < 1.29 is 9.18 Å². The van der Waals surface area contributed by atoms with Gasteiger partial charge in [-0.3, -0.25) is 4.79 Å². The fraction of sp³-hybridized carbons (Fsp3) is 0.650. The van der Waals surface area contributed by atoms with Crippen molar-refractivity contribution in [1.29, 1.82) is 0 Å². The van der Waals surface area contributed by atoms with Crippen LogP contribution in [0.15, 0.2) is 24.3 Å². The predicted octanol–water partition coefficient (Wildman–Crippen LogP) is 3.53. The maximum Gasteiger partial charge on any atom is 0.220 e. The van der Waals surface area contributed by atoms with Gasteiger partial charge in [0, 0.05) is 18.4 Å². The quantitative estimate of drug-likeness (QED) is 0.837. The van der Waals surface area contributed by atoms with Crippen molar-refractivity contribution in [3.05, 3.63) is 35.6 Å². The zero-order valence-corrected chi connectivity index (χ0v) is 14.5. The first-order chi connectivity index (χ1) is 11.7. The molecule has 2 N–H and O–H groups in total. The summed E-state index contributed by atoms with van der Waals surface area (Å²) in [6, 6.07) is 6.88. The van der Waals surface area contributed by atoms with Crippen LogP contribution in [-0.4, -0.2) is 25.5 Å². The van der Waals surface area contributed by atoms with E-state index in [2.05, 4.69) is 10.6 Å². The Morgan fingerprint density at radius 3 is 2.62 bits per heavy atom. The minimum Gasteiger partial charge on any atom is -0.355 e. The molecule has 1 saturated heterocycles. The van der Waals surface area contributed by atoms with E-state index < -0.39 is 0 Å². The van der Waals surface area contributed by atoms with E-state index in [9.17, 15) is 9.18 Å². The van der Waals surface area contributed by atoms with Gasteiger partial charge in [-0.25, -0.2) is 4.39 Å². The minimum atomic E-state index is -0.195. The molecule has 1 heterocycles. The summed E-state index contributed by atoms with van der Waals surface area (Å²) in [6.45, 7) is 2.81. The van der Waals surface area contributed by atoms with E-state index in [0.29, 0.717) is 18.9 Å². The lowest BCUT2D eigenvalue weighted by atomic mass is 9.69. The number of amides is 1. The molecule has 0 aromatic heterocycles. The Kier molecular flexibility index (Phi) is 5.88. The van der Waals surface area contributed by atoms with Crippen LogP contribution < -0.4 is 10.6 Å². The van der Waals surface area contributed by atoms with E-state index in [1.165, 1.54) is 31.2 Å². The van der Waals surface area contributed by atoms with Crippen LogP contribution in [-0.2, 0) is 10.2 Å². The lowest BCUT2D eigenvalue weighted by molar-refractivity contribution is -0.121. The molecular formula is C20H29FN2O. The van der Waals surface area contributed by atoms with Crippen LogP contribution in [0.5, 0.6) is 0 Å². The summed E-state index contributed by atoms with van der Waals surface area (Å²) in [5, 5.41) is 6.53. The Morgan fingerprint density at radius 2 is 1.96 bits per heavy atom. The van der Waals surface area contributed by atoms with Crippen LogP contribution in [0.3, 0.4) is 0 Å². The summed E-state index contributed by atoms with van der Waals surface area (Å²) >= 11 is 0. The second-order valence-corrected chi connectivity index (χ2v) is 7.52. The lowest BCUT2D eigenvalue weighted by Gasteiger charge is -2.38. The minimum absolute atomic E-state index is 0.0173. The van der Waals surface area contributed by atoms with Gasteiger partial charge in [-0.15, -0.1) is 0 Å². The predicted molar refractivity (Wildman–Crippen MR) is 94.4 cm³/mol. The zero-order valence-electron chi connectivity index (χ0n) is 14.5. The van der Waals surface area contributed by atoms with Gasteiger partial charge in [-0.05, 0) is 62.4 Å². The first kappa shape index (κ1) is 17.4. The lowest BCUT2D eigenvalue weighted by Crippen LogP contribution is -2.42. The first-order valence-corrected chi connectivity index (χ1v) is 9.41. The summed E-state index contributed by atoms with van der Waals surface area (Å²) in [5.41, 5.74) is 1.15. The summed E-state index contributed by atoms with van der Waals surface area (Å²) in [5.74, 6) is 0.615. The summed E-state index contributed by atoms with van der Waals surface area (Å²) in [6.07, 6.45) is 8.55. The molecule has 1 aliphatic carbocycles. The molecule has 1 saturated carbocycles. The van der Waals surface area contributed by atoms with E-state index in [-0.39, 0.29) is 17.1 Å². The molecule has 1 aliphatic heterocycles. The van der Waals surface area contributed by atoms with Gasteiger partial charge < -0.3 is 10.6 Å². The highest BCUT2D eigenvalue weighted by molar-refractivity contribution is 5.76. The SMILES string of the molecule is O=C(CCC1CCNC1)NCC1(c2ccc(F)cc2)CCCCC1. The van der Waals surface area contributed by atoms with Gasteiger partial charge >= 0.3 is 0 Å². The summed E-state index contributed by atoms with van der Waals surface area (Å²) in [7, 11) is 0. The Labute approximate surface area is 144 Å². The molecule has 2 fully saturated rings. The van der Waals surface area contributed by atoms with Gasteiger partial charge in [0.1, 0.15) is 5.82 Å². The molecule has 1 aromatic carbocycles. The molecule has 1 aromatic rings. The van der Waals surface area contributed by atoms with Gasteiger partial charge in [0.25, 0.3) is 0 Å². The third-order valence-corrected chi connectivity index (χ3v) is 5.83. The van der Waals surface area contributed by atoms with Crippen molar-refractivity contribution in [2.45, 2.75) is 56.8 Å². The summed E-state index contributed by atoms with van der Waals surface area (Å²) < 4.78 is 13.3. The number of halogens is 1. The van der Waals surface area contributed by atoms with Crippen LogP contribution in [0.4, 0.5) is 4.39 Å². The largest absolute Gasteiger partial charge is 0.355 e. The maximum atomic E-state index is 13.3. The van der Waals surface area contributed by atoms with E-state index in [0.717, 1.165) is 32.4 Å². The zero-order chi connectivity index (χ0) is 16.8. The van der Waals surface area contributed by atoms with Crippen molar-refractivity contribution in [3.63, 3.8) is 0 Å². The van der Waals surface area contributed by atoms with Crippen LogP contribution >= 0.6 is 0 Å². The van der Waals surface area contributed by atoms with Crippen molar-refractivity contribution in [1.82, 2.24) is 10.6 Å². The van der Waals surface area contributed by atoms with Gasteiger partial charge in [-0.1, -0.05) is 31.4 Å². The number of hydrogen-bond donors (Lipinski definition) is 2. The van der Waals surface area contributed by atoms with Crippen LogP contribution in [0, 0.1) is 11.7 Å². The smallest absolute Gasteiger partial charge is 0.220 e. The third kappa shape index (κ3) is 4.35. The molecule has 2 aliphatic rings. The third-order valence-electron chi connectivity index (χ3n) is 5.83. The molecule has 0 spiro atoms. The first-order valence-electron chi connectivity index (χ1n) is 9.41. The number of rotatable bonds is 6. The maximum absolute atomic E-state index is 13.3. The van der Waals surface area contributed by atoms with E-state index in [1.54, 1.807) is 12.1 Å². The normalized spacial score (nSPS) is 23.1. The molecule has 24 heavy (non-hydrogen) atoms. The fourth-order valence-electron chi connectivity index (χ4n) is 4.25. The molecule has 1 amide bonds. The number of nitrogens with one attached hydrogen (secondary N) is 2. The van der Waals surface area contributed by atoms with Crippen LogP contribution in [0.25, 0.3) is 0 Å². The second kappa shape index (κ2) is 8.11. The molecule has 0 radical (unpaired) electrons. The van der Waals surface area contributed by atoms with Gasteiger partial charge in [-0.2, -0.15) is 0 Å². The Bertz CT molecular complexity index is 531. The highest BCUT2D eigenvalue weighted by Gasteiger charge is 2.34. The van der Waals surface area contributed by atoms with E-state index >= 15 is 0 Å². The van der Waals surface area contributed by atoms with Crippen molar-refractivity contribution in [2.75, 3.05) is 19.6 Å². The van der Waals surface area contributed by atoms with Crippen LogP contribution in [0.1, 0.15) is 56.9 Å². The highest BCUT2D eigenvalue weighted by Crippen LogP contribution is 2.39. The molecule has 1 unspecified atom stereocenters. The molecule has 132 valence electrons. The van der Waals surface area contributed by atoms with Crippen molar-refractivity contribution >= 4 is 5.91 Å². The number of hydrogen-bond acceptors (Lipinski definition) is 2. The molecule has 4 heteroatoms. The van der Waals surface area contributed by atoms with Gasteiger partial charge in [0.2, 0.25) is 5.91 Å². The van der Waals surface area contributed by atoms with Crippen molar-refractivity contribution in [2.24, 2.45) is 5.92 Å². The van der Waals surface area contributed by atoms with E-state index in [1.807, 2.05) is 12.1 Å². The monoisotopic (exact) mass is 332 g/mol. The van der Waals surface area contributed by atoms with E-state index in [4.69, 9.17) is 0 Å². The Hall–Kier alpha value is -1.42. The number of carbonyl (C=O) groups excluding carboxylic acids is 1. The molecule has 3 rings (SSSR count). The standard InChI is InChI=1S/C20H29FN2O/c21-18-7-5-17(6-8-18)20(11-2-1-3-12-20)15-23-19(24)9-4-16-10-13-22-14-16/h5-8,16,22H,1-4,9-15H2,(H,23,24). The Balaban J connectivity index is 1.57.